The number of nitrogens with zero attached hydrogens (tertiary/aromatic N) is 1. The molecule has 1 saturated heterocycles. The molecular formula is C12H16N2O4. The molecule has 0 aromatic heterocycles. The standard InChI is InChI=1S/C12H16N2O4/c15-9-5-14(8(4-13-9)12(17)18)11(16)10-6-2-1-3-7(6)10/h6-8,10H,1-5H2,(H,13,15)(H,17,18). The number of carbonyl (C=O) groups excluding carboxylic acids is 2. The Labute approximate surface area is 104 Å². The lowest BCUT2D eigenvalue weighted by Crippen LogP contribution is -2.59. The fraction of sp³-hybridized carbons (Fsp3) is 0.750. The fourth-order valence-corrected chi connectivity index (χ4v) is 3.47. The normalized spacial score (nSPS) is 38.0. The van der Waals surface area contributed by atoms with E-state index in [9.17, 15) is 14.4 Å². The number of rotatable bonds is 2. The minimum absolute atomic E-state index is 0.0158. The van der Waals surface area contributed by atoms with Crippen LogP contribution in [0.25, 0.3) is 0 Å². The monoisotopic (exact) mass is 252 g/mol. The third-order valence-electron chi connectivity index (χ3n) is 4.44. The maximum atomic E-state index is 12.3. The van der Waals surface area contributed by atoms with Crippen molar-refractivity contribution in [1.29, 1.82) is 0 Å². The molecule has 3 rings (SSSR count). The Morgan fingerprint density at radius 2 is 1.94 bits per heavy atom. The van der Waals surface area contributed by atoms with Gasteiger partial charge in [-0.15, -0.1) is 0 Å². The van der Waals surface area contributed by atoms with Gasteiger partial charge in [0.05, 0.1) is 0 Å². The number of fused-ring (bicyclic) bond motifs is 1. The summed E-state index contributed by atoms with van der Waals surface area (Å²) in [5.74, 6) is -0.590. The number of amides is 2. The lowest BCUT2D eigenvalue weighted by Gasteiger charge is -2.33. The Morgan fingerprint density at radius 3 is 2.56 bits per heavy atom. The van der Waals surface area contributed by atoms with E-state index in [-0.39, 0.29) is 30.8 Å². The van der Waals surface area contributed by atoms with Gasteiger partial charge in [-0.3, -0.25) is 9.59 Å². The number of carboxylic acids is 1. The molecule has 0 aromatic carbocycles. The number of hydrogen-bond acceptors (Lipinski definition) is 3. The van der Waals surface area contributed by atoms with Crippen LogP contribution in [0, 0.1) is 17.8 Å². The van der Waals surface area contributed by atoms with Gasteiger partial charge in [-0.05, 0) is 24.7 Å². The zero-order valence-electron chi connectivity index (χ0n) is 9.96. The molecule has 1 heterocycles. The van der Waals surface area contributed by atoms with Crippen LogP contribution in [0.15, 0.2) is 0 Å². The molecule has 3 unspecified atom stereocenters. The molecule has 3 aliphatic rings. The molecule has 6 nitrogen and oxygen atoms in total. The van der Waals surface area contributed by atoms with Gasteiger partial charge in [-0.1, -0.05) is 6.42 Å². The fourth-order valence-electron chi connectivity index (χ4n) is 3.47. The molecule has 3 fully saturated rings. The maximum Gasteiger partial charge on any atom is 0.328 e. The van der Waals surface area contributed by atoms with Gasteiger partial charge in [0.1, 0.15) is 12.6 Å². The summed E-state index contributed by atoms with van der Waals surface area (Å²) >= 11 is 0. The first kappa shape index (κ1) is 11.5. The first-order valence-corrected chi connectivity index (χ1v) is 6.39. The van der Waals surface area contributed by atoms with Crippen LogP contribution in [0.5, 0.6) is 0 Å². The molecule has 1 aliphatic heterocycles. The topological polar surface area (TPSA) is 86.7 Å². The van der Waals surface area contributed by atoms with Crippen molar-refractivity contribution in [3.05, 3.63) is 0 Å². The zero-order valence-corrected chi connectivity index (χ0v) is 9.96. The van der Waals surface area contributed by atoms with E-state index < -0.39 is 12.0 Å². The molecule has 2 N–H and O–H groups in total. The summed E-state index contributed by atoms with van der Waals surface area (Å²) in [7, 11) is 0. The number of hydrogen-bond donors (Lipinski definition) is 2. The molecule has 98 valence electrons. The molecule has 6 heteroatoms. The molecule has 18 heavy (non-hydrogen) atoms. The highest BCUT2D eigenvalue weighted by Crippen LogP contribution is 2.58. The van der Waals surface area contributed by atoms with Gasteiger partial charge in [0.15, 0.2) is 0 Å². The summed E-state index contributed by atoms with van der Waals surface area (Å²) in [5.41, 5.74) is 0. The highest BCUT2D eigenvalue weighted by Gasteiger charge is 2.58. The molecule has 2 saturated carbocycles. The average molecular weight is 252 g/mol. The third kappa shape index (κ3) is 1.67. The van der Waals surface area contributed by atoms with Crippen molar-refractivity contribution in [1.82, 2.24) is 10.2 Å². The Hall–Kier alpha value is -1.59. The summed E-state index contributed by atoms with van der Waals surface area (Å²) in [6.45, 7) is -0.103. The molecular weight excluding hydrogens is 236 g/mol. The second-order valence-corrected chi connectivity index (χ2v) is 5.41. The Bertz CT molecular complexity index is 412. The second-order valence-electron chi connectivity index (χ2n) is 5.41. The van der Waals surface area contributed by atoms with E-state index in [2.05, 4.69) is 5.32 Å². The van der Waals surface area contributed by atoms with E-state index in [0.29, 0.717) is 11.8 Å². The minimum atomic E-state index is -1.05. The summed E-state index contributed by atoms with van der Waals surface area (Å²) in [4.78, 5) is 36.0. The van der Waals surface area contributed by atoms with Gasteiger partial charge in [-0.25, -0.2) is 4.79 Å². The van der Waals surface area contributed by atoms with Crippen molar-refractivity contribution in [2.75, 3.05) is 13.1 Å². The lowest BCUT2D eigenvalue weighted by atomic mass is 10.1. The summed E-state index contributed by atoms with van der Waals surface area (Å²) in [6, 6.07) is -0.906. The summed E-state index contributed by atoms with van der Waals surface area (Å²) < 4.78 is 0. The van der Waals surface area contributed by atoms with E-state index >= 15 is 0 Å². The summed E-state index contributed by atoms with van der Waals surface area (Å²) in [6.07, 6.45) is 3.31. The van der Waals surface area contributed by atoms with Gasteiger partial charge < -0.3 is 15.3 Å². The number of carboxylic acid groups (broad SMARTS) is 1. The van der Waals surface area contributed by atoms with Crippen molar-refractivity contribution < 1.29 is 19.5 Å². The summed E-state index contributed by atoms with van der Waals surface area (Å²) in [5, 5.41) is 11.6. The van der Waals surface area contributed by atoms with Crippen molar-refractivity contribution in [3.63, 3.8) is 0 Å². The van der Waals surface area contributed by atoms with Crippen LogP contribution in [-0.2, 0) is 14.4 Å². The Morgan fingerprint density at radius 1 is 1.28 bits per heavy atom. The van der Waals surface area contributed by atoms with E-state index in [4.69, 9.17) is 5.11 Å². The van der Waals surface area contributed by atoms with Gasteiger partial charge in [0.25, 0.3) is 0 Å². The number of nitrogens with one attached hydrogen (secondary N) is 1. The predicted molar refractivity (Wildman–Crippen MR) is 60.5 cm³/mol. The Balaban J connectivity index is 1.73. The minimum Gasteiger partial charge on any atom is -0.480 e. The molecule has 0 spiro atoms. The third-order valence-corrected chi connectivity index (χ3v) is 4.44. The van der Waals surface area contributed by atoms with Crippen molar-refractivity contribution in [3.8, 4) is 0 Å². The lowest BCUT2D eigenvalue weighted by molar-refractivity contribution is -0.155. The quantitative estimate of drug-likeness (QED) is 0.690. The molecule has 3 atom stereocenters. The van der Waals surface area contributed by atoms with Crippen LogP contribution in [0.1, 0.15) is 19.3 Å². The first-order chi connectivity index (χ1) is 8.59. The smallest absolute Gasteiger partial charge is 0.328 e. The molecule has 0 aromatic rings. The highest BCUT2D eigenvalue weighted by atomic mass is 16.4. The van der Waals surface area contributed by atoms with Gasteiger partial charge in [0, 0.05) is 12.5 Å². The number of piperazine rings is 1. The van der Waals surface area contributed by atoms with E-state index in [1.165, 1.54) is 11.3 Å². The number of aliphatic carboxylic acids is 1. The van der Waals surface area contributed by atoms with Crippen molar-refractivity contribution in [2.24, 2.45) is 17.8 Å². The Kier molecular flexibility index (Phi) is 2.53. The molecule has 2 aliphatic carbocycles. The zero-order chi connectivity index (χ0) is 12.9. The molecule has 2 amide bonds. The van der Waals surface area contributed by atoms with E-state index in [1.807, 2.05) is 0 Å². The van der Waals surface area contributed by atoms with Gasteiger partial charge in [0.2, 0.25) is 11.8 Å². The van der Waals surface area contributed by atoms with Crippen LogP contribution in [-0.4, -0.2) is 46.9 Å². The average Bonchev–Trinajstić information content (AvgIpc) is 2.80. The maximum absolute atomic E-state index is 12.3. The van der Waals surface area contributed by atoms with Crippen LogP contribution in [0.3, 0.4) is 0 Å². The van der Waals surface area contributed by atoms with Gasteiger partial charge >= 0.3 is 5.97 Å². The van der Waals surface area contributed by atoms with Crippen LogP contribution < -0.4 is 5.32 Å². The number of carbonyl (C=O) groups is 3. The van der Waals surface area contributed by atoms with Gasteiger partial charge in [-0.2, -0.15) is 0 Å². The largest absolute Gasteiger partial charge is 0.480 e. The van der Waals surface area contributed by atoms with Crippen LogP contribution in [0.2, 0.25) is 0 Å². The predicted octanol–water partition coefficient (Wildman–Crippen LogP) is -0.556. The highest BCUT2D eigenvalue weighted by molar-refractivity contribution is 5.93. The van der Waals surface area contributed by atoms with E-state index in [0.717, 1.165) is 12.8 Å². The van der Waals surface area contributed by atoms with Crippen LogP contribution in [0.4, 0.5) is 0 Å². The van der Waals surface area contributed by atoms with E-state index in [1.54, 1.807) is 0 Å². The first-order valence-electron chi connectivity index (χ1n) is 6.39. The molecule has 0 bridgehead atoms. The van der Waals surface area contributed by atoms with Crippen LogP contribution >= 0.6 is 0 Å². The van der Waals surface area contributed by atoms with Crippen molar-refractivity contribution in [2.45, 2.75) is 25.3 Å². The SMILES string of the molecule is O=C1CN(C(=O)C2C3CCCC32)C(C(=O)O)CN1. The van der Waals surface area contributed by atoms with Crippen molar-refractivity contribution >= 4 is 17.8 Å². The second kappa shape index (κ2) is 3.96. The molecule has 0 radical (unpaired) electrons.